The number of carbonyl (C=O) groups excluding carboxylic acids is 1. The van der Waals surface area contributed by atoms with E-state index in [4.69, 9.17) is 5.11 Å². The van der Waals surface area contributed by atoms with Crippen LogP contribution in [0, 0.1) is 0 Å². The summed E-state index contributed by atoms with van der Waals surface area (Å²) in [5.74, 6) is -0.944. The second-order valence-corrected chi connectivity index (χ2v) is 6.43. The van der Waals surface area contributed by atoms with Crippen molar-refractivity contribution in [2.24, 2.45) is 0 Å². The molecule has 1 aliphatic heterocycles. The van der Waals surface area contributed by atoms with E-state index in [-0.39, 0.29) is 17.9 Å². The number of aliphatic carboxylic acids is 1. The van der Waals surface area contributed by atoms with Crippen molar-refractivity contribution in [2.75, 3.05) is 13.6 Å². The van der Waals surface area contributed by atoms with Crippen LogP contribution < -0.4 is 0 Å². The molecular formula is C14H24N2O3. The molecule has 19 heavy (non-hydrogen) atoms. The highest BCUT2D eigenvalue weighted by Crippen LogP contribution is 2.32. The minimum Gasteiger partial charge on any atom is -0.481 e. The van der Waals surface area contributed by atoms with Gasteiger partial charge in [0.05, 0.1) is 6.42 Å². The van der Waals surface area contributed by atoms with Crippen LogP contribution in [-0.2, 0) is 9.59 Å². The third-order valence-corrected chi connectivity index (χ3v) is 4.66. The molecule has 0 aromatic rings. The SMILES string of the molecule is CN1C(=O)C(CC(=O)O)N(C2CCCC2)CC1(C)C. The quantitative estimate of drug-likeness (QED) is 0.838. The van der Waals surface area contributed by atoms with Crippen LogP contribution in [0.2, 0.25) is 0 Å². The van der Waals surface area contributed by atoms with Crippen LogP contribution in [0.4, 0.5) is 0 Å². The van der Waals surface area contributed by atoms with Crippen LogP contribution in [0.15, 0.2) is 0 Å². The number of carbonyl (C=O) groups is 2. The fourth-order valence-electron chi connectivity index (χ4n) is 3.32. The van der Waals surface area contributed by atoms with Gasteiger partial charge < -0.3 is 10.0 Å². The van der Waals surface area contributed by atoms with Crippen molar-refractivity contribution in [1.29, 1.82) is 0 Å². The number of carboxylic acids is 1. The second-order valence-electron chi connectivity index (χ2n) is 6.43. The maximum Gasteiger partial charge on any atom is 0.305 e. The molecule has 5 heteroatoms. The summed E-state index contributed by atoms with van der Waals surface area (Å²) in [4.78, 5) is 27.4. The van der Waals surface area contributed by atoms with Crippen molar-refractivity contribution < 1.29 is 14.7 Å². The van der Waals surface area contributed by atoms with Crippen molar-refractivity contribution in [2.45, 2.75) is 63.6 Å². The van der Waals surface area contributed by atoms with E-state index in [2.05, 4.69) is 4.90 Å². The van der Waals surface area contributed by atoms with E-state index in [9.17, 15) is 9.59 Å². The Morgan fingerprint density at radius 2 is 1.95 bits per heavy atom. The molecule has 1 saturated carbocycles. The Morgan fingerprint density at radius 3 is 2.47 bits per heavy atom. The first-order valence-corrected chi connectivity index (χ1v) is 7.08. The lowest BCUT2D eigenvalue weighted by atomic mass is 9.92. The average Bonchev–Trinajstić information content (AvgIpc) is 2.83. The average molecular weight is 268 g/mol. The summed E-state index contributed by atoms with van der Waals surface area (Å²) < 4.78 is 0. The molecule has 2 aliphatic rings. The fourth-order valence-corrected chi connectivity index (χ4v) is 3.32. The monoisotopic (exact) mass is 268 g/mol. The normalized spacial score (nSPS) is 28.9. The molecule has 0 aromatic heterocycles. The molecule has 1 N–H and O–H groups in total. The van der Waals surface area contributed by atoms with Crippen LogP contribution in [0.3, 0.4) is 0 Å². The van der Waals surface area contributed by atoms with E-state index in [1.807, 2.05) is 13.8 Å². The van der Waals surface area contributed by atoms with Gasteiger partial charge in [-0.1, -0.05) is 12.8 Å². The first kappa shape index (κ1) is 14.3. The van der Waals surface area contributed by atoms with Crippen molar-refractivity contribution >= 4 is 11.9 Å². The van der Waals surface area contributed by atoms with E-state index < -0.39 is 12.0 Å². The Labute approximate surface area is 114 Å². The lowest BCUT2D eigenvalue weighted by molar-refractivity contribution is -0.157. The summed E-state index contributed by atoms with van der Waals surface area (Å²) in [6.45, 7) is 4.85. The molecule has 1 amide bonds. The molecule has 1 saturated heterocycles. The number of hydrogen-bond acceptors (Lipinski definition) is 3. The molecule has 1 atom stereocenters. The molecule has 5 nitrogen and oxygen atoms in total. The number of rotatable bonds is 3. The summed E-state index contributed by atoms with van der Waals surface area (Å²) in [6.07, 6.45) is 4.46. The van der Waals surface area contributed by atoms with Gasteiger partial charge in [-0.3, -0.25) is 14.5 Å². The Bertz CT molecular complexity index is 375. The highest BCUT2D eigenvalue weighted by Gasteiger charge is 2.46. The van der Waals surface area contributed by atoms with Gasteiger partial charge in [0, 0.05) is 25.2 Å². The van der Waals surface area contributed by atoms with Gasteiger partial charge in [0.2, 0.25) is 5.91 Å². The molecule has 0 spiro atoms. The number of likely N-dealkylation sites (N-methyl/N-ethyl adjacent to an activating group) is 1. The molecule has 0 aromatic carbocycles. The minimum atomic E-state index is -0.894. The Balaban J connectivity index is 2.24. The van der Waals surface area contributed by atoms with E-state index in [1.165, 1.54) is 12.8 Å². The standard InChI is InChI=1S/C14H24N2O3/c1-14(2)9-16(10-6-4-5-7-10)11(8-12(17)18)13(19)15(14)3/h10-11H,4-9H2,1-3H3,(H,17,18). The molecule has 1 aliphatic carbocycles. The molecule has 1 heterocycles. The summed E-state index contributed by atoms with van der Waals surface area (Å²) in [6, 6.07) is -0.111. The number of nitrogens with zero attached hydrogens (tertiary/aromatic N) is 2. The van der Waals surface area contributed by atoms with Gasteiger partial charge in [-0.2, -0.15) is 0 Å². The largest absolute Gasteiger partial charge is 0.481 e. The highest BCUT2D eigenvalue weighted by atomic mass is 16.4. The molecule has 2 rings (SSSR count). The first-order chi connectivity index (χ1) is 8.83. The smallest absolute Gasteiger partial charge is 0.305 e. The predicted molar refractivity (Wildman–Crippen MR) is 71.9 cm³/mol. The van der Waals surface area contributed by atoms with Crippen LogP contribution >= 0.6 is 0 Å². The van der Waals surface area contributed by atoms with Crippen molar-refractivity contribution in [3.05, 3.63) is 0 Å². The zero-order valence-corrected chi connectivity index (χ0v) is 12.1. The number of carboxylic acid groups (broad SMARTS) is 1. The van der Waals surface area contributed by atoms with Gasteiger partial charge in [-0.25, -0.2) is 0 Å². The summed E-state index contributed by atoms with van der Waals surface area (Å²) >= 11 is 0. The molecular weight excluding hydrogens is 244 g/mol. The summed E-state index contributed by atoms with van der Waals surface area (Å²) in [5, 5.41) is 9.06. The fraction of sp³-hybridized carbons (Fsp3) is 0.857. The molecule has 108 valence electrons. The van der Waals surface area contributed by atoms with E-state index in [1.54, 1.807) is 11.9 Å². The maximum atomic E-state index is 12.5. The van der Waals surface area contributed by atoms with E-state index in [0.717, 1.165) is 19.4 Å². The maximum absolute atomic E-state index is 12.5. The lowest BCUT2D eigenvalue weighted by Crippen LogP contribution is -2.67. The molecule has 0 radical (unpaired) electrons. The van der Waals surface area contributed by atoms with Gasteiger partial charge in [-0.15, -0.1) is 0 Å². The van der Waals surface area contributed by atoms with Gasteiger partial charge in [0.1, 0.15) is 6.04 Å². The molecule has 1 unspecified atom stereocenters. The summed E-state index contributed by atoms with van der Waals surface area (Å²) in [7, 11) is 1.78. The van der Waals surface area contributed by atoms with Crippen molar-refractivity contribution in [3.8, 4) is 0 Å². The van der Waals surface area contributed by atoms with Crippen LogP contribution in [0.25, 0.3) is 0 Å². The van der Waals surface area contributed by atoms with Gasteiger partial charge in [-0.05, 0) is 26.7 Å². The van der Waals surface area contributed by atoms with Gasteiger partial charge >= 0.3 is 5.97 Å². The van der Waals surface area contributed by atoms with Gasteiger partial charge in [0.15, 0.2) is 0 Å². The minimum absolute atomic E-state index is 0.0504. The highest BCUT2D eigenvalue weighted by molar-refractivity contribution is 5.87. The zero-order chi connectivity index (χ0) is 14.2. The topological polar surface area (TPSA) is 60.9 Å². The van der Waals surface area contributed by atoms with Crippen LogP contribution in [0.1, 0.15) is 46.0 Å². The Morgan fingerprint density at radius 1 is 1.37 bits per heavy atom. The van der Waals surface area contributed by atoms with E-state index >= 15 is 0 Å². The van der Waals surface area contributed by atoms with Gasteiger partial charge in [0.25, 0.3) is 0 Å². The summed E-state index contributed by atoms with van der Waals surface area (Å²) in [5.41, 5.74) is -0.228. The van der Waals surface area contributed by atoms with Crippen molar-refractivity contribution in [3.63, 3.8) is 0 Å². The first-order valence-electron chi connectivity index (χ1n) is 7.08. The lowest BCUT2D eigenvalue weighted by Gasteiger charge is -2.50. The molecule has 0 bridgehead atoms. The third kappa shape index (κ3) is 2.76. The van der Waals surface area contributed by atoms with E-state index in [0.29, 0.717) is 6.04 Å². The predicted octanol–water partition coefficient (Wildman–Crippen LogP) is 1.32. The number of amides is 1. The number of hydrogen-bond donors (Lipinski definition) is 1. The Hall–Kier alpha value is -1.10. The Kier molecular flexibility index (Phi) is 3.85. The number of piperazine rings is 1. The third-order valence-electron chi connectivity index (χ3n) is 4.66. The second kappa shape index (κ2) is 5.12. The zero-order valence-electron chi connectivity index (χ0n) is 12.1. The van der Waals surface area contributed by atoms with Crippen LogP contribution in [-0.4, -0.2) is 58.0 Å². The van der Waals surface area contributed by atoms with Crippen molar-refractivity contribution in [1.82, 2.24) is 9.80 Å². The molecule has 2 fully saturated rings. The van der Waals surface area contributed by atoms with Crippen LogP contribution in [0.5, 0.6) is 0 Å².